The van der Waals surface area contributed by atoms with E-state index in [0.29, 0.717) is 0 Å². The van der Waals surface area contributed by atoms with Crippen molar-refractivity contribution in [3.8, 4) is 0 Å². The Hall–Kier alpha value is -1.30. The SMILES string of the molecule is C=CCC(=C)c1ccccc1. The molecule has 0 amide bonds. The molecule has 0 unspecified atom stereocenters. The lowest BCUT2D eigenvalue weighted by molar-refractivity contribution is 1.41. The quantitative estimate of drug-likeness (QED) is 0.571. The molecule has 0 saturated carbocycles. The van der Waals surface area contributed by atoms with Gasteiger partial charge in [-0.05, 0) is 17.6 Å². The molecule has 11 heavy (non-hydrogen) atoms. The summed E-state index contributed by atoms with van der Waals surface area (Å²) >= 11 is 0. The van der Waals surface area contributed by atoms with Crippen LogP contribution in [0.5, 0.6) is 0 Å². The highest BCUT2D eigenvalue weighted by Gasteiger charge is 1.92. The lowest BCUT2D eigenvalue weighted by atomic mass is 10.1. The van der Waals surface area contributed by atoms with Gasteiger partial charge < -0.3 is 0 Å². The maximum Gasteiger partial charge on any atom is -0.0100 e. The Morgan fingerprint density at radius 1 is 1.27 bits per heavy atom. The molecule has 56 valence electrons. The third-order valence-electron chi connectivity index (χ3n) is 1.57. The first kappa shape index (κ1) is 7.80. The molecule has 0 aromatic heterocycles. The monoisotopic (exact) mass is 144 g/mol. The van der Waals surface area contributed by atoms with Crippen molar-refractivity contribution in [1.29, 1.82) is 0 Å². The molecule has 0 heteroatoms. The van der Waals surface area contributed by atoms with E-state index in [2.05, 4.69) is 25.3 Å². The van der Waals surface area contributed by atoms with E-state index in [1.54, 1.807) is 0 Å². The van der Waals surface area contributed by atoms with Crippen LogP contribution in [0.1, 0.15) is 12.0 Å². The minimum atomic E-state index is 0.865. The van der Waals surface area contributed by atoms with E-state index in [1.807, 2.05) is 24.3 Å². The van der Waals surface area contributed by atoms with Crippen LogP contribution in [0.3, 0.4) is 0 Å². The molecule has 0 aliphatic heterocycles. The molecular formula is C11H12. The van der Waals surface area contributed by atoms with Gasteiger partial charge >= 0.3 is 0 Å². The molecule has 0 radical (unpaired) electrons. The summed E-state index contributed by atoms with van der Waals surface area (Å²) in [6.07, 6.45) is 2.74. The van der Waals surface area contributed by atoms with Crippen molar-refractivity contribution in [3.05, 3.63) is 55.1 Å². The Kier molecular flexibility index (Phi) is 2.67. The highest BCUT2D eigenvalue weighted by Crippen LogP contribution is 2.14. The van der Waals surface area contributed by atoms with Gasteiger partial charge in [-0.1, -0.05) is 43.0 Å². The van der Waals surface area contributed by atoms with Crippen LogP contribution in [0.15, 0.2) is 49.6 Å². The Morgan fingerprint density at radius 3 is 2.45 bits per heavy atom. The van der Waals surface area contributed by atoms with Crippen molar-refractivity contribution in [2.75, 3.05) is 0 Å². The summed E-state index contributed by atoms with van der Waals surface area (Å²) in [4.78, 5) is 0. The molecule has 0 spiro atoms. The van der Waals surface area contributed by atoms with E-state index in [1.165, 1.54) is 5.56 Å². The maximum absolute atomic E-state index is 3.94. The summed E-state index contributed by atoms with van der Waals surface area (Å²) in [7, 11) is 0. The van der Waals surface area contributed by atoms with Gasteiger partial charge in [0.25, 0.3) is 0 Å². The fourth-order valence-corrected chi connectivity index (χ4v) is 0.966. The van der Waals surface area contributed by atoms with Crippen LogP contribution in [0, 0.1) is 0 Å². The van der Waals surface area contributed by atoms with E-state index in [-0.39, 0.29) is 0 Å². The van der Waals surface area contributed by atoms with Gasteiger partial charge in [-0.2, -0.15) is 0 Å². The van der Waals surface area contributed by atoms with E-state index in [9.17, 15) is 0 Å². The van der Waals surface area contributed by atoms with Crippen LogP contribution in [-0.4, -0.2) is 0 Å². The van der Waals surface area contributed by atoms with E-state index < -0.39 is 0 Å². The first-order valence-corrected chi connectivity index (χ1v) is 3.68. The number of rotatable bonds is 3. The standard InChI is InChI=1S/C11H12/c1-3-7-10(2)11-8-5-4-6-9-11/h3-6,8-9H,1-2,7H2. The van der Waals surface area contributed by atoms with E-state index in [4.69, 9.17) is 0 Å². The zero-order valence-electron chi connectivity index (χ0n) is 6.59. The lowest BCUT2D eigenvalue weighted by Gasteiger charge is -2.00. The minimum absolute atomic E-state index is 0.865. The summed E-state index contributed by atoms with van der Waals surface area (Å²) in [5.74, 6) is 0. The second-order valence-electron chi connectivity index (χ2n) is 2.46. The molecule has 1 aromatic carbocycles. The van der Waals surface area contributed by atoms with Gasteiger partial charge in [0, 0.05) is 0 Å². The molecule has 0 saturated heterocycles. The Bertz CT molecular complexity index is 244. The zero-order valence-corrected chi connectivity index (χ0v) is 6.59. The zero-order chi connectivity index (χ0) is 8.10. The van der Waals surface area contributed by atoms with E-state index >= 15 is 0 Å². The predicted molar refractivity (Wildman–Crippen MR) is 50.3 cm³/mol. The van der Waals surface area contributed by atoms with Gasteiger partial charge in [0.2, 0.25) is 0 Å². The molecule has 0 fully saturated rings. The number of allylic oxidation sites excluding steroid dienone is 2. The first-order valence-electron chi connectivity index (χ1n) is 3.68. The largest absolute Gasteiger partial charge is 0.103 e. The number of benzene rings is 1. The van der Waals surface area contributed by atoms with Crippen molar-refractivity contribution in [1.82, 2.24) is 0 Å². The molecule has 1 rings (SSSR count). The Labute approximate surface area is 67.9 Å². The summed E-state index contributed by atoms with van der Waals surface area (Å²) in [6.45, 7) is 7.61. The molecule has 0 bridgehead atoms. The minimum Gasteiger partial charge on any atom is -0.103 e. The van der Waals surface area contributed by atoms with Gasteiger partial charge in [0.05, 0.1) is 0 Å². The molecule has 0 aliphatic carbocycles. The van der Waals surface area contributed by atoms with E-state index in [0.717, 1.165) is 12.0 Å². The second kappa shape index (κ2) is 3.77. The Balaban J connectivity index is 2.77. The summed E-state index contributed by atoms with van der Waals surface area (Å²) in [5.41, 5.74) is 2.33. The number of hydrogen-bond donors (Lipinski definition) is 0. The van der Waals surface area contributed by atoms with Crippen LogP contribution >= 0.6 is 0 Å². The van der Waals surface area contributed by atoms with Crippen molar-refractivity contribution < 1.29 is 0 Å². The van der Waals surface area contributed by atoms with Crippen molar-refractivity contribution in [2.45, 2.75) is 6.42 Å². The molecule has 0 atom stereocenters. The molecule has 0 nitrogen and oxygen atoms in total. The molecule has 0 aliphatic rings. The normalized spacial score (nSPS) is 9.09. The molecule has 0 N–H and O–H groups in total. The highest BCUT2D eigenvalue weighted by atomic mass is 14.0. The Morgan fingerprint density at radius 2 is 1.91 bits per heavy atom. The third-order valence-corrected chi connectivity index (χ3v) is 1.57. The summed E-state index contributed by atoms with van der Waals surface area (Å²) < 4.78 is 0. The average molecular weight is 144 g/mol. The highest BCUT2D eigenvalue weighted by molar-refractivity contribution is 5.64. The van der Waals surface area contributed by atoms with Gasteiger partial charge in [0.1, 0.15) is 0 Å². The van der Waals surface area contributed by atoms with Crippen LogP contribution in [0.4, 0.5) is 0 Å². The fraction of sp³-hybridized carbons (Fsp3) is 0.0909. The topological polar surface area (TPSA) is 0 Å². The van der Waals surface area contributed by atoms with Gasteiger partial charge in [-0.3, -0.25) is 0 Å². The summed E-state index contributed by atoms with van der Waals surface area (Å²) in [5, 5.41) is 0. The first-order chi connectivity index (χ1) is 5.34. The van der Waals surface area contributed by atoms with Gasteiger partial charge in [-0.25, -0.2) is 0 Å². The van der Waals surface area contributed by atoms with Crippen molar-refractivity contribution in [3.63, 3.8) is 0 Å². The second-order valence-corrected chi connectivity index (χ2v) is 2.46. The molecule has 1 aromatic rings. The van der Waals surface area contributed by atoms with Gasteiger partial charge in [0.15, 0.2) is 0 Å². The molecular weight excluding hydrogens is 132 g/mol. The molecule has 0 heterocycles. The maximum atomic E-state index is 3.94. The predicted octanol–water partition coefficient (Wildman–Crippen LogP) is 3.28. The van der Waals surface area contributed by atoms with Crippen molar-refractivity contribution >= 4 is 5.57 Å². The number of hydrogen-bond acceptors (Lipinski definition) is 0. The third kappa shape index (κ3) is 2.08. The van der Waals surface area contributed by atoms with Crippen LogP contribution in [0.2, 0.25) is 0 Å². The van der Waals surface area contributed by atoms with Crippen LogP contribution in [0.25, 0.3) is 5.57 Å². The van der Waals surface area contributed by atoms with Crippen LogP contribution in [-0.2, 0) is 0 Å². The average Bonchev–Trinajstić information content (AvgIpc) is 2.07. The fourth-order valence-electron chi connectivity index (χ4n) is 0.966. The smallest absolute Gasteiger partial charge is 0.0100 e. The van der Waals surface area contributed by atoms with Gasteiger partial charge in [-0.15, -0.1) is 6.58 Å². The van der Waals surface area contributed by atoms with Crippen molar-refractivity contribution in [2.24, 2.45) is 0 Å². The summed E-state index contributed by atoms with van der Waals surface area (Å²) in [6, 6.07) is 10.2. The lowest BCUT2D eigenvalue weighted by Crippen LogP contribution is -1.78. The van der Waals surface area contributed by atoms with Crippen LogP contribution < -0.4 is 0 Å².